The normalized spacial score (nSPS) is 10.2. The number of ether oxygens (including phenoxy) is 2. The number of rotatable bonds is 9. The first-order valence-corrected chi connectivity index (χ1v) is 8.07. The lowest BCUT2D eigenvalue weighted by molar-refractivity contribution is -0.118. The van der Waals surface area contributed by atoms with Gasteiger partial charge in [-0.25, -0.2) is 0 Å². The highest BCUT2D eigenvalue weighted by Gasteiger charge is 2.03. The number of thioether (sulfide) groups is 1. The Kier molecular flexibility index (Phi) is 6.70. The smallest absolute Gasteiger partial charge is 0.230 e. The molecule has 0 spiro atoms. The molecule has 0 aliphatic heterocycles. The number of furan rings is 1. The van der Waals surface area contributed by atoms with E-state index in [1.54, 1.807) is 19.4 Å². The van der Waals surface area contributed by atoms with Gasteiger partial charge >= 0.3 is 0 Å². The number of hydrogen-bond acceptors (Lipinski definition) is 5. The molecule has 1 aromatic heterocycles. The van der Waals surface area contributed by atoms with Gasteiger partial charge in [0.1, 0.15) is 17.3 Å². The van der Waals surface area contributed by atoms with Crippen molar-refractivity contribution in [3.8, 4) is 11.5 Å². The van der Waals surface area contributed by atoms with Crippen molar-refractivity contribution in [2.75, 3.05) is 25.2 Å². The van der Waals surface area contributed by atoms with Gasteiger partial charge in [-0.2, -0.15) is 0 Å². The van der Waals surface area contributed by atoms with Crippen LogP contribution in [0, 0.1) is 0 Å². The van der Waals surface area contributed by atoms with Crippen molar-refractivity contribution >= 4 is 17.7 Å². The van der Waals surface area contributed by atoms with Crippen molar-refractivity contribution in [3.63, 3.8) is 0 Å². The van der Waals surface area contributed by atoms with Crippen LogP contribution in [-0.4, -0.2) is 31.1 Å². The summed E-state index contributed by atoms with van der Waals surface area (Å²) in [5.41, 5.74) is 0. The second-order valence-corrected chi connectivity index (χ2v) is 5.54. The fraction of sp³-hybridized carbons (Fsp3) is 0.312. The fourth-order valence-electron chi connectivity index (χ4n) is 1.71. The highest BCUT2D eigenvalue weighted by molar-refractivity contribution is 7.99. The number of hydrogen-bond donors (Lipinski definition) is 1. The van der Waals surface area contributed by atoms with E-state index in [-0.39, 0.29) is 5.91 Å². The molecule has 5 nitrogen and oxygen atoms in total. The van der Waals surface area contributed by atoms with Gasteiger partial charge in [0.2, 0.25) is 5.91 Å². The summed E-state index contributed by atoms with van der Waals surface area (Å²) in [6, 6.07) is 11.1. The molecule has 2 aromatic rings. The molecule has 0 atom stereocenters. The van der Waals surface area contributed by atoms with Crippen LogP contribution in [0.3, 0.4) is 0 Å². The van der Waals surface area contributed by atoms with Crippen LogP contribution in [0.15, 0.2) is 47.1 Å². The van der Waals surface area contributed by atoms with E-state index in [9.17, 15) is 4.79 Å². The Hall–Kier alpha value is -2.08. The Morgan fingerprint density at radius 3 is 2.68 bits per heavy atom. The van der Waals surface area contributed by atoms with Gasteiger partial charge in [0.15, 0.2) is 0 Å². The lowest BCUT2D eigenvalue weighted by atomic mass is 10.3. The van der Waals surface area contributed by atoms with Crippen LogP contribution in [0.2, 0.25) is 0 Å². The summed E-state index contributed by atoms with van der Waals surface area (Å²) in [6.07, 6.45) is 1.59. The number of carbonyl (C=O) groups is 1. The predicted octanol–water partition coefficient (Wildman–Crippen LogP) is 2.72. The van der Waals surface area contributed by atoms with Gasteiger partial charge in [0.25, 0.3) is 0 Å². The molecule has 0 radical (unpaired) electrons. The van der Waals surface area contributed by atoms with Crippen LogP contribution in [0.4, 0.5) is 0 Å². The zero-order valence-electron chi connectivity index (χ0n) is 12.4. The maximum absolute atomic E-state index is 11.6. The molecule has 0 aliphatic carbocycles. The van der Waals surface area contributed by atoms with Crippen LogP contribution >= 0.6 is 11.8 Å². The van der Waals surface area contributed by atoms with Gasteiger partial charge < -0.3 is 19.2 Å². The minimum absolute atomic E-state index is 0.00847. The first-order valence-electron chi connectivity index (χ1n) is 6.91. The van der Waals surface area contributed by atoms with Gasteiger partial charge in [-0.15, -0.1) is 11.8 Å². The van der Waals surface area contributed by atoms with Crippen molar-refractivity contribution in [1.29, 1.82) is 0 Å². The molecule has 0 fully saturated rings. The average molecular weight is 321 g/mol. The third-order valence-electron chi connectivity index (χ3n) is 2.83. The molecule has 1 heterocycles. The number of benzene rings is 1. The second-order valence-electron chi connectivity index (χ2n) is 4.43. The summed E-state index contributed by atoms with van der Waals surface area (Å²) in [6.45, 7) is 0.983. The van der Waals surface area contributed by atoms with E-state index in [1.807, 2.05) is 30.3 Å². The monoisotopic (exact) mass is 321 g/mol. The maximum Gasteiger partial charge on any atom is 0.230 e. The molecule has 1 amide bonds. The number of carbonyl (C=O) groups excluding carboxylic acids is 1. The Labute approximate surface area is 134 Å². The topological polar surface area (TPSA) is 60.7 Å². The predicted molar refractivity (Wildman–Crippen MR) is 86.4 cm³/mol. The third-order valence-corrected chi connectivity index (χ3v) is 3.75. The highest BCUT2D eigenvalue weighted by Crippen LogP contribution is 2.17. The molecule has 0 aliphatic rings. The Bertz CT molecular complexity index is 554. The second kappa shape index (κ2) is 9.04. The largest absolute Gasteiger partial charge is 0.497 e. The van der Waals surface area contributed by atoms with Gasteiger partial charge in [0.05, 0.1) is 32.3 Å². The molecular formula is C16H19NO4S. The molecule has 6 heteroatoms. The molecule has 22 heavy (non-hydrogen) atoms. The average Bonchev–Trinajstić information content (AvgIpc) is 3.06. The molecular weight excluding hydrogens is 302 g/mol. The number of amides is 1. The van der Waals surface area contributed by atoms with E-state index in [0.29, 0.717) is 18.9 Å². The molecule has 118 valence electrons. The van der Waals surface area contributed by atoms with Crippen LogP contribution < -0.4 is 14.8 Å². The number of nitrogens with one attached hydrogen (secondary N) is 1. The van der Waals surface area contributed by atoms with E-state index in [1.165, 1.54) is 11.8 Å². The lowest BCUT2D eigenvalue weighted by Crippen LogP contribution is -2.24. The quantitative estimate of drug-likeness (QED) is 0.720. The van der Waals surface area contributed by atoms with Gasteiger partial charge in [0, 0.05) is 5.75 Å². The molecule has 0 unspecified atom stereocenters. The standard InChI is InChI=1S/C16H19NO4S/c1-19-13-4-6-14(7-5-13)21-9-10-22-12-16(18)17-11-15-3-2-8-20-15/h2-8H,9-12H2,1H3,(H,17,18). The van der Waals surface area contributed by atoms with E-state index in [0.717, 1.165) is 23.0 Å². The van der Waals surface area contributed by atoms with E-state index < -0.39 is 0 Å². The SMILES string of the molecule is COc1ccc(OCCSCC(=O)NCc2ccco2)cc1. The first kappa shape index (κ1) is 16.3. The Morgan fingerprint density at radius 2 is 2.00 bits per heavy atom. The van der Waals surface area contributed by atoms with Crippen LogP contribution in [0.1, 0.15) is 5.76 Å². The summed E-state index contributed by atoms with van der Waals surface area (Å²) in [5.74, 6) is 3.50. The van der Waals surface area contributed by atoms with Gasteiger partial charge in [-0.1, -0.05) is 0 Å². The molecule has 1 aromatic carbocycles. The number of methoxy groups -OCH3 is 1. The van der Waals surface area contributed by atoms with E-state index >= 15 is 0 Å². The molecule has 1 N–H and O–H groups in total. The van der Waals surface area contributed by atoms with Crippen molar-refractivity contribution < 1.29 is 18.7 Å². The van der Waals surface area contributed by atoms with Crippen LogP contribution in [0.5, 0.6) is 11.5 Å². The summed E-state index contributed by atoms with van der Waals surface area (Å²) in [7, 11) is 1.63. The van der Waals surface area contributed by atoms with Crippen molar-refractivity contribution in [2.45, 2.75) is 6.54 Å². The summed E-state index contributed by atoms with van der Waals surface area (Å²) in [5, 5.41) is 2.80. The van der Waals surface area contributed by atoms with Gasteiger partial charge in [-0.3, -0.25) is 4.79 Å². The lowest BCUT2D eigenvalue weighted by Gasteiger charge is -2.07. The van der Waals surface area contributed by atoms with Crippen molar-refractivity contribution in [3.05, 3.63) is 48.4 Å². The minimum Gasteiger partial charge on any atom is -0.497 e. The maximum atomic E-state index is 11.6. The fourth-order valence-corrected chi connectivity index (χ4v) is 2.34. The van der Waals surface area contributed by atoms with Crippen molar-refractivity contribution in [1.82, 2.24) is 5.32 Å². The van der Waals surface area contributed by atoms with Crippen LogP contribution in [0.25, 0.3) is 0 Å². The Morgan fingerprint density at radius 1 is 1.23 bits per heavy atom. The molecule has 0 saturated carbocycles. The minimum atomic E-state index is -0.00847. The highest BCUT2D eigenvalue weighted by atomic mass is 32.2. The summed E-state index contributed by atoms with van der Waals surface area (Å²) < 4.78 is 15.8. The van der Waals surface area contributed by atoms with Gasteiger partial charge in [-0.05, 0) is 36.4 Å². The summed E-state index contributed by atoms with van der Waals surface area (Å²) >= 11 is 1.53. The molecule has 2 rings (SSSR count). The zero-order valence-corrected chi connectivity index (χ0v) is 13.2. The van der Waals surface area contributed by atoms with E-state index in [2.05, 4.69) is 5.32 Å². The third kappa shape index (κ3) is 5.73. The molecule has 0 saturated heterocycles. The van der Waals surface area contributed by atoms with Crippen molar-refractivity contribution in [2.24, 2.45) is 0 Å². The zero-order chi connectivity index (χ0) is 15.6. The molecule has 0 bridgehead atoms. The Balaban J connectivity index is 1.53. The first-order chi connectivity index (χ1) is 10.8. The summed E-state index contributed by atoms with van der Waals surface area (Å²) in [4.78, 5) is 11.6. The van der Waals surface area contributed by atoms with E-state index in [4.69, 9.17) is 13.9 Å². The van der Waals surface area contributed by atoms with Crippen LogP contribution in [-0.2, 0) is 11.3 Å².